The van der Waals surface area contributed by atoms with Crippen molar-refractivity contribution in [3.63, 3.8) is 0 Å². The summed E-state index contributed by atoms with van der Waals surface area (Å²) < 4.78 is 0.917. The maximum atomic E-state index is 11.5. The van der Waals surface area contributed by atoms with Crippen molar-refractivity contribution in [3.05, 3.63) is 28.2 Å². The molecule has 1 rings (SSSR count). The molecule has 0 aliphatic heterocycles. The van der Waals surface area contributed by atoms with E-state index in [2.05, 4.69) is 26.6 Å². The number of carboxylic acids is 1. The zero-order valence-electron chi connectivity index (χ0n) is 9.45. The van der Waals surface area contributed by atoms with Crippen LogP contribution < -0.4 is 10.6 Å². The molecule has 92 valence electrons. The Labute approximate surface area is 107 Å². The van der Waals surface area contributed by atoms with Gasteiger partial charge in [0.1, 0.15) is 6.04 Å². The molecule has 0 aromatic heterocycles. The fourth-order valence-electron chi connectivity index (χ4n) is 1.18. The molecule has 3 N–H and O–H groups in total. The van der Waals surface area contributed by atoms with Gasteiger partial charge in [0.2, 0.25) is 0 Å². The van der Waals surface area contributed by atoms with Gasteiger partial charge in [-0.3, -0.25) is 4.79 Å². The third-order valence-electron chi connectivity index (χ3n) is 2.15. The van der Waals surface area contributed by atoms with E-state index < -0.39 is 18.0 Å². The molecule has 1 atom stereocenters. The van der Waals surface area contributed by atoms with Gasteiger partial charge in [-0.2, -0.15) is 0 Å². The molecule has 2 amide bonds. The van der Waals surface area contributed by atoms with E-state index in [0.717, 1.165) is 10.0 Å². The first-order valence-electron chi connectivity index (χ1n) is 4.96. The first-order chi connectivity index (χ1) is 7.90. The molecule has 0 heterocycles. The molecule has 1 aromatic rings. The molecule has 1 unspecified atom stereocenters. The molecule has 0 saturated heterocycles. The Hall–Kier alpha value is -1.56. The smallest absolute Gasteiger partial charge is 0.325 e. The predicted molar refractivity (Wildman–Crippen MR) is 68.1 cm³/mol. The zero-order chi connectivity index (χ0) is 13.0. The van der Waals surface area contributed by atoms with E-state index in [4.69, 9.17) is 5.11 Å². The number of amides is 2. The Kier molecular flexibility index (Phi) is 4.51. The lowest BCUT2D eigenvalue weighted by atomic mass is 10.2. The fraction of sp³-hybridized carbons (Fsp3) is 0.273. The summed E-state index contributed by atoms with van der Waals surface area (Å²) in [6, 6.07) is 3.93. The summed E-state index contributed by atoms with van der Waals surface area (Å²) in [4.78, 5) is 22.0. The summed E-state index contributed by atoms with van der Waals surface area (Å²) >= 11 is 3.32. The molecule has 6 heteroatoms. The van der Waals surface area contributed by atoms with Gasteiger partial charge >= 0.3 is 12.0 Å². The highest BCUT2D eigenvalue weighted by Gasteiger charge is 2.14. The molecule has 0 saturated carbocycles. The predicted octanol–water partition coefficient (Wildman–Crippen LogP) is 2.35. The number of rotatable bonds is 3. The van der Waals surface area contributed by atoms with Gasteiger partial charge in [0, 0.05) is 10.2 Å². The Morgan fingerprint density at radius 2 is 2.06 bits per heavy atom. The Morgan fingerprint density at radius 3 is 2.59 bits per heavy atom. The molecule has 0 bridgehead atoms. The van der Waals surface area contributed by atoms with E-state index >= 15 is 0 Å². The normalized spacial score (nSPS) is 11.7. The van der Waals surface area contributed by atoms with E-state index in [0.29, 0.717) is 5.69 Å². The highest BCUT2D eigenvalue weighted by atomic mass is 79.9. The minimum atomic E-state index is -1.08. The molecular formula is C11H13BrN2O3. The molecule has 0 aliphatic carbocycles. The maximum Gasteiger partial charge on any atom is 0.325 e. The number of aliphatic carboxylic acids is 1. The summed E-state index contributed by atoms with van der Waals surface area (Å²) in [5.41, 5.74) is 1.53. The lowest BCUT2D eigenvalue weighted by molar-refractivity contribution is -0.138. The van der Waals surface area contributed by atoms with Crippen LogP contribution in [0.25, 0.3) is 0 Å². The summed E-state index contributed by atoms with van der Waals surface area (Å²) in [7, 11) is 0. The van der Waals surface area contributed by atoms with E-state index in [-0.39, 0.29) is 0 Å². The molecule has 17 heavy (non-hydrogen) atoms. The number of aryl methyl sites for hydroxylation is 1. The van der Waals surface area contributed by atoms with Gasteiger partial charge in [0.15, 0.2) is 0 Å². The highest BCUT2D eigenvalue weighted by molar-refractivity contribution is 9.10. The molecule has 0 radical (unpaired) electrons. The number of hydrogen-bond donors (Lipinski definition) is 3. The van der Waals surface area contributed by atoms with Crippen molar-refractivity contribution in [1.82, 2.24) is 5.32 Å². The second-order valence-corrected chi connectivity index (χ2v) is 4.53. The summed E-state index contributed by atoms with van der Waals surface area (Å²) in [5.74, 6) is -1.08. The second kappa shape index (κ2) is 5.67. The van der Waals surface area contributed by atoms with Gasteiger partial charge in [-0.1, -0.05) is 15.9 Å². The first-order valence-corrected chi connectivity index (χ1v) is 5.76. The minimum Gasteiger partial charge on any atom is -0.480 e. The molecule has 0 fully saturated rings. The number of benzene rings is 1. The SMILES string of the molecule is Cc1cc(Br)ccc1NC(=O)NC(C)C(=O)O. The number of hydrogen-bond acceptors (Lipinski definition) is 2. The standard InChI is InChI=1S/C11H13BrN2O3/c1-6-5-8(12)3-4-9(6)14-11(17)13-7(2)10(15)16/h3-5,7H,1-2H3,(H,15,16)(H2,13,14,17). The summed E-state index contributed by atoms with van der Waals surface area (Å²) in [6.07, 6.45) is 0. The van der Waals surface area contributed by atoms with E-state index in [1.165, 1.54) is 6.92 Å². The van der Waals surface area contributed by atoms with Crippen LogP contribution in [-0.2, 0) is 4.79 Å². The van der Waals surface area contributed by atoms with Gasteiger partial charge in [-0.15, -0.1) is 0 Å². The lowest BCUT2D eigenvalue weighted by Gasteiger charge is -2.12. The molecule has 0 spiro atoms. The number of halogens is 1. The van der Waals surface area contributed by atoms with Gasteiger partial charge in [-0.05, 0) is 37.6 Å². The van der Waals surface area contributed by atoms with Gasteiger partial charge in [-0.25, -0.2) is 4.79 Å². The number of nitrogens with one attached hydrogen (secondary N) is 2. The zero-order valence-corrected chi connectivity index (χ0v) is 11.0. The number of carboxylic acid groups (broad SMARTS) is 1. The van der Waals surface area contributed by atoms with Crippen LogP contribution in [0.1, 0.15) is 12.5 Å². The topological polar surface area (TPSA) is 78.4 Å². The average Bonchev–Trinajstić information content (AvgIpc) is 2.22. The van der Waals surface area contributed by atoms with Crippen LogP contribution in [0.2, 0.25) is 0 Å². The van der Waals surface area contributed by atoms with Gasteiger partial charge in [0.25, 0.3) is 0 Å². The fourth-order valence-corrected chi connectivity index (χ4v) is 1.66. The largest absolute Gasteiger partial charge is 0.480 e. The maximum absolute atomic E-state index is 11.5. The number of carbonyl (C=O) groups is 2. The minimum absolute atomic E-state index is 0.537. The molecular weight excluding hydrogens is 288 g/mol. The second-order valence-electron chi connectivity index (χ2n) is 3.62. The van der Waals surface area contributed by atoms with Crippen molar-refractivity contribution >= 4 is 33.6 Å². The lowest BCUT2D eigenvalue weighted by Crippen LogP contribution is -2.40. The van der Waals surface area contributed by atoms with Crippen molar-refractivity contribution in [2.45, 2.75) is 19.9 Å². The van der Waals surface area contributed by atoms with Crippen LogP contribution in [0.15, 0.2) is 22.7 Å². The third-order valence-corrected chi connectivity index (χ3v) is 2.65. The van der Waals surface area contributed by atoms with Crippen LogP contribution in [0.5, 0.6) is 0 Å². The van der Waals surface area contributed by atoms with Crippen molar-refractivity contribution in [3.8, 4) is 0 Å². The number of urea groups is 1. The molecule has 1 aromatic carbocycles. The number of anilines is 1. The van der Waals surface area contributed by atoms with Crippen molar-refractivity contribution in [1.29, 1.82) is 0 Å². The monoisotopic (exact) mass is 300 g/mol. The van der Waals surface area contributed by atoms with Crippen LogP contribution in [0, 0.1) is 6.92 Å². The van der Waals surface area contributed by atoms with E-state index in [1.54, 1.807) is 12.1 Å². The van der Waals surface area contributed by atoms with Gasteiger partial charge in [0.05, 0.1) is 0 Å². The van der Waals surface area contributed by atoms with E-state index in [9.17, 15) is 9.59 Å². The van der Waals surface area contributed by atoms with Crippen LogP contribution in [-0.4, -0.2) is 23.1 Å². The quantitative estimate of drug-likeness (QED) is 0.802. The van der Waals surface area contributed by atoms with Crippen molar-refractivity contribution in [2.75, 3.05) is 5.32 Å². The highest BCUT2D eigenvalue weighted by Crippen LogP contribution is 2.19. The summed E-state index contributed by atoms with van der Waals surface area (Å²) in [6.45, 7) is 3.25. The molecule has 5 nitrogen and oxygen atoms in total. The third kappa shape index (κ3) is 4.07. The van der Waals surface area contributed by atoms with Crippen LogP contribution >= 0.6 is 15.9 Å². The molecule has 0 aliphatic rings. The first kappa shape index (κ1) is 13.5. The van der Waals surface area contributed by atoms with Gasteiger partial charge < -0.3 is 15.7 Å². The Balaban J connectivity index is 2.65. The van der Waals surface area contributed by atoms with Crippen LogP contribution in [0.3, 0.4) is 0 Å². The number of carbonyl (C=O) groups excluding carboxylic acids is 1. The Bertz CT molecular complexity index is 448. The van der Waals surface area contributed by atoms with Crippen LogP contribution in [0.4, 0.5) is 10.5 Å². The summed E-state index contributed by atoms with van der Waals surface area (Å²) in [5, 5.41) is 13.5. The van der Waals surface area contributed by atoms with Crippen molar-refractivity contribution in [2.24, 2.45) is 0 Å². The Morgan fingerprint density at radius 1 is 1.41 bits per heavy atom. The van der Waals surface area contributed by atoms with Crippen molar-refractivity contribution < 1.29 is 14.7 Å². The van der Waals surface area contributed by atoms with E-state index in [1.807, 2.05) is 13.0 Å². The average molecular weight is 301 g/mol.